The second kappa shape index (κ2) is 8.48. The Kier molecular flexibility index (Phi) is 4.61. The minimum Gasteiger partial charge on any atom is -0.316 e. The van der Waals surface area contributed by atoms with Gasteiger partial charge in [-0.1, -0.05) is 78.9 Å². The molecular weight excluding hydrogens is 498 g/mol. The van der Waals surface area contributed by atoms with Crippen LogP contribution in [0.5, 0.6) is 0 Å². The molecule has 0 fully saturated rings. The van der Waals surface area contributed by atoms with Crippen LogP contribution in [0.4, 0.5) is 0 Å². The van der Waals surface area contributed by atoms with Gasteiger partial charge in [0, 0.05) is 50.2 Å². The van der Waals surface area contributed by atoms with Crippen molar-refractivity contribution in [3.8, 4) is 17.1 Å². The van der Waals surface area contributed by atoms with Gasteiger partial charge in [0.2, 0.25) is 0 Å². The molecule has 0 saturated carbocycles. The van der Waals surface area contributed by atoms with Crippen molar-refractivity contribution in [2.45, 2.75) is 0 Å². The maximum atomic E-state index is 2.45. The van der Waals surface area contributed by atoms with Crippen molar-refractivity contribution < 1.29 is 0 Å². The van der Waals surface area contributed by atoms with E-state index < -0.39 is 0 Å². The lowest BCUT2D eigenvalue weighted by atomic mass is 10.1. The largest absolute Gasteiger partial charge is 0.316 e. The maximum Gasteiger partial charge on any atom is 0.0635 e. The lowest BCUT2D eigenvalue weighted by molar-refractivity contribution is 1.13. The maximum absolute atomic E-state index is 2.45. The van der Waals surface area contributed by atoms with E-state index in [0.29, 0.717) is 0 Å². The molecule has 3 heteroatoms. The summed E-state index contributed by atoms with van der Waals surface area (Å²) in [4.78, 5) is 0. The molecule has 0 aliphatic rings. The van der Waals surface area contributed by atoms with Crippen molar-refractivity contribution in [2.75, 3.05) is 0 Å². The third-order valence-corrected chi connectivity index (χ3v) is 8.47. The fraction of sp³-hybridized carbons (Fsp3) is 0. The highest BCUT2D eigenvalue weighted by Gasteiger charge is 2.18. The van der Waals surface area contributed by atoms with Crippen molar-refractivity contribution in [1.82, 2.24) is 13.7 Å². The fourth-order valence-corrected chi connectivity index (χ4v) is 6.71. The second-order valence-corrected chi connectivity index (χ2v) is 10.7. The summed E-state index contributed by atoms with van der Waals surface area (Å²) >= 11 is 0. The van der Waals surface area contributed by atoms with E-state index in [1.165, 1.54) is 71.6 Å². The molecule has 9 rings (SSSR count). The average Bonchev–Trinajstić information content (AvgIpc) is 3.72. The quantitative estimate of drug-likeness (QED) is 0.219. The van der Waals surface area contributed by atoms with Crippen LogP contribution >= 0.6 is 0 Å². The van der Waals surface area contributed by atoms with Crippen LogP contribution in [0.25, 0.3) is 71.6 Å². The van der Waals surface area contributed by atoms with Gasteiger partial charge >= 0.3 is 0 Å². The summed E-state index contributed by atoms with van der Waals surface area (Å²) in [6.07, 6.45) is 2.19. The summed E-state index contributed by atoms with van der Waals surface area (Å²) in [5, 5.41) is 6.29. The minimum atomic E-state index is 1.17. The summed E-state index contributed by atoms with van der Waals surface area (Å²) in [7, 11) is 0. The zero-order valence-electron chi connectivity index (χ0n) is 22.3. The molecule has 0 spiro atoms. The molecule has 3 heterocycles. The fourth-order valence-electron chi connectivity index (χ4n) is 6.71. The molecule has 0 saturated heterocycles. The Hall–Kier alpha value is -5.54. The number of hydrogen-bond donors (Lipinski definition) is 0. The molecule has 3 aromatic heterocycles. The first kappa shape index (κ1) is 22.3. The Morgan fingerprint density at radius 3 is 1.66 bits per heavy atom. The highest BCUT2D eigenvalue weighted by atomic mass is 15.0. The summed E-state index contributed by atoms with van der Waals surface area (Å²) in [5.41, 5.74) is 9.59. The van der Waals surface area contributed by atoms with Crippen LogP contribution < -0.4 is 0 Å². The van der Waals surface area contributed by atoms with Crippen molar-refractivity contribution in [3.05, 3.63) is 152 Å². The number of aromatic nitrogens is 3. The van der Waals surface area contributed by atoms with Gasteiger partial charge in [-0.05, 0) is 66.7 Å². The molecule has 192 valence electrons. The van der Waals surface area contributed by atoms with Crippen LogP contribution in [0, 0.1) is 0 Å². The van der Waals surface area contributed by atoms with E-state index in [0.717, 1.165) is 0 Å². The highest BCUT2D eigenvalue weighted by molar-refractivity contribution is 6.19. The molecule has 0 N–H and O–H groups in total. The molecule has 3 nitrogen and oxygen atoms in total. The monoisotopic (exact) mass is 523 g/mol. The Balaban J connectivity index is 1.38. The lowest BCUT2D eigenvalue weighted by Gasteiger charge is -2.11. The van der Waals surface area contributed by atoms with Gasteiger partial charge in [-0.15, -0.1) is 0 Å². The minimum absolute atomic E-state index is 1.17. The third-order valence-electron chi connectivity index (χ3n) is 8.47. The molecule has 6 aromatic carbocycles. The van der Waals surface area contributed by atoms with Gasteiger partial charge in [-0.2, -0.15) is 0 Å². The molecule has 0 aliphatic heterocycles. The number of fused-ring (bicyclic) bond motifs is 8. The smallest absolute Gasteiger partial charge is 0.0635 e. The van der Waals surface area contributed by atoms with E-state index in [4.69, 9.17) is 0 Å². The predicted molar refractivity (Wildman–Crippen MR) is 172 cm³/mol. The first-order chi connectivity index (χ1) is 20.4. The van der Waals surface area contributed by atoms with Gasteiger partial charge in [0.05, 0.1) is 27.6 Å². The van der Waals surface area contributed by atoms with Gasteiger partial charge in [0.1, 0.15) is 0 Å². The zero-order chi connectivity index (χ0) is 26.9. The van der Waals surface area contributed by atoms with Gasteiger partial charge in [-0.25, -0.2) is 0 Å². The molecule has 0 amide bonds. The zero-order valence-corrected chi connectivity index (χ0v) is 22.3. The van der Waals surface area contributed by atoms with E-state index in [1.54, 1.807) is 0 Å². The summed E-state index contributed by atoms with van der Waals surface area (Å²) in [6.45, 7) is 0. The molecule has 0 radical (unpaired) electrons. The number of nitrogens with zero attached hydrogens (tertiary/aromatic N) is 3. The topological polar surface area (TPSA) is 14.8 Å². The van der Waals surface area contributed by atoms with Crippen LogP contribution in [-0.2, 0) is 0 Å². The molecule has 9 aromatic rings. The lowest BCUT2D eigenvalue weighted by Crippen LogP contribution is -1.96. The Bertz CT molecular complexity index is 2400. The predicted octanol–water partition coefficient (Wildman–Crippen LogP) is 9.82. The van der Waals surface area contributed by atoms with Gasteiger partial charge < -0.3 is 13.7 Å². The number of benzene rings is 6. The van der Waals surface area contributed by atoms with Crippen molar-refractivity contribution in [3.63, 3.8) is 0 Å². The average molecular weight is 524 g/mol. The standard InChI is InChI=1S/C38H25N3/c1-3-11-26(12-4-1)39-24-23-32-34(39)22-20-31-29-15-7-10-18-36(29)41(38(31)32)28-19-21-37-33(25-28)30-16-8-9-17-35(30)40(37)27-13-5-2-6-14-27/h1-25H. The molecule has 0 bridgehead atoms. The van der Waals surface area contributed by atoms with Gasteiger partial charge in [0.15, 0.2) is 0 Å². The molecule has 0 atom stereocenters. The summed E-state index contributed by atoms with van der Waals surface area (Å²) < 4.78 is 7.11. The van der Waals surface area contributed by atoms with Gasteiger partial charge in [-0.3, -0.25) is 0 Å². The van der Waals surface area contributed by atoms with Crippen LogP contribution in [0.15, 0.2) is 152 Å². The summed E-state index contributed by atoms with van der Waals surface area (Å²) in [5.74, 6) is 0. The molecule has 0 aliphatic carbocycles. The van der Waals surface area contributed by atoms with E-state index in [2.05, 4.69) is 165 Å². The van der Waals surface area contributed by atoms with Crippen LogP contribution in [-0.4, -0.2) is 13.7 Å². The van der Waals surface area contributed by atoms with Crippen LogP contribution in [0.3, 0.4) is 0 Å². The second-order valence-electron chi connectivity index (χ2n) is 10.7. The van der Waals surface area contributed by atoms with E-state index >= 15 is 0 Å². The molecular formula is C38H25N3. The number of hydrogen-bond acceptors (Lipinski definition) is 0. The first-order valence-corrected chi connectivity index (χ1v) is 14.0. The number of para-hydroxylation sites is 4. The third kappa shape index (κ3) is 3.14. The SMILES string of the molecule is c1ccc(-n2ccc3c2ccc2c4ccccc4n(-c4ccc5c(c4)c4ccccc4n5-c4ccccc4)c23)cc1. The van der Waals surface area contributed by atoms with Crippen molar-refractivity contribution in [2.24, 2.45) is 0 Å². The van der Waals surface area contributed by atoms with Crippen molar-refractivity contribution in [1.29, 1.82) is 0 Å². The Morgan fingerprint density at radius 1 is 0.317 bits per heavy atom. The normalized spacial score (nSPS) is 11.9. The van der Waals surface area contributed by atoms with Gasteiger partial charge in [0.25, 0.3) is 0 Å². The van der Waals surface area contributed by atoms with E-state index in [1.807, 2.05) is 0 Å². The Morgan fingerprint density at radius 2 is 0.902 bits per heavy atom. The van der Waals surface area contributed by atoms with E-state index in [9.17, 15) is 0 Å². The van der Waals surface area contributed by atoms with E-state index in [-0.39, 0.29) is 0 Å². The Labute approximate surface area is 236 Å². The summed E-state index contributed by atoms with van der Waals surface area (Å²) in [6, 6.07) is 52.5. The van der Waals surface area contributed by atoms with Crippen LogP contribution in [0.2, 0.25) is 0 Å². The van der Waals surface area contributed by atoms with Crippen LogP contribution in [0.1, 0.15) is 0 Å². The highest BCUT2D eigenvalue weighted by Crippen LogP contribution is 2.39. The first-order valence-electron chi connectivity index (χ1n) is 14.0. The molecule has 0 unspecified atom stereocenters. The number of rotatable bonds is 3. The molecule has 41 heavy (non-hydrogen) atoms. The van der Waals surface area contributed by atoms with Crippen molar-refractivity contribution >= 4 is 54.5 Å².